The van der Waals surface area contributed by atoms with Crippen LogP contribution in [0.15, 0.2) is 0 Å². The molecule has 0 atom stereocenters. The minimum absolute atomic E-state index is 0.0181. The minimum atomic E-state index is -4.27. The standard InChI is InChI=1S/C6H14N2O10P2S/c9-5(1-7-3-19(11,12)13)17-21-18-6(10)2-8-4-20(14,15)16/h7-8H,1-4H2,(H2,11,12,13)(H2,14,15,16). The molecule has 0 aromatic heterocycles. The highest BCUT2D eigenvalue weighted by Gasteiger charge is 2.15. The molecule has 0 radical (unpaired) electrons. The van der Waals surface area contributed by atoms with Gasteiger partial charge in [0.1, 0.15) is 0 Å². The normalized spacial score (nSPS) is 12.0. The van der Waals surface area contributed by atoms with Crippen molar-refractivity contribution < 1.29 is 46.7 Å². The molecular formula is C6H14N2O10P2S. The summed E-state index contributed by atoms with van der Waals surface area (Å²) in [6.45, 7) is -1.02. The van der Waals surface area contributed by atoms with E-state index in [9.17, 15) is 18.7 Å². The summed E-state index contributed by atoms with van der Waals surface area (Å²) in [6, 6.07) is 0. The van der Waals surface area contributed by atoms with Gasteiger partial charge in [0.25, 0.3) is 12.3 Å². The van der Waals surface area contributed by atoms with Crippen molar-refractivity contribution >= 4 is 39.5 Å². The zero-order chi connectivity index (χ0) is 16.5. The summed E-state index contributed by atoms with van der Waals surface area (Å²) in [5.41, 5.74) is 0. The van der Waals surface area contributed by atoms with Crippen LogP contribution in [-0.4, -0.2) is 57.2 Å². The van der Waals surface area contributed by atoms with Gasteiger partial charge in [0, 0.05) is 0 Å². The van der Waals surface area contributed by atoms with Gasteiger partial charge in [-0.2, -0.15) is 0 Å². The van der Waals surface area contributed by atoms with Crippen molar-refractivity contribution in [2.75, 3.05) is 25.7 Å². The monoisotopic (exact) mass is 368 g/mol. The van der Waals surface area contributed by atoms with Crippen LogP contribution in [0, 0.1) is 0 Å². The zero-order valence-electron chi connectivity index (χ0n) is 10.4. The Morgan fingerprint density at radius 1 is 0.857 bits per heavy atom. The van der Waals surface area contributed by atoms with Gasteiger partial charge in [0.05, 0.1) is 25.7 Å². The van der Waals surface area contributed by atoms with Crippen molar-refractivity contribution in [1.29, 1.82) is 0 Å². The van der Waals surface area contributed by atoms with Gasteiger partial charge in [-0.1, -0.05) is 0 Å². The Morgan fingerprint density at radius 3 is 1.48 bits per heavy atom. The minimum Gasteiger partial charge on any atom is -0.353 e. The third kappa shape index (κ3) is 15.7. The molecule has 0 amide bonds. The molecule has 0 heterocycles. The predicted molar refractivity (Wildman–Crippen MR) is 69.6 cm³/mol. The van der Waals surface area contributed by atoms with Crippen LogP contribution in [0.2, 0.25) is 0 Å². The van der Waals surface area contributed by atoms with E-state index in [2.05, 4.69) is 19.0 Å². The molecular weight excluding hydrogens is 354 g/mol. The Bertz CT molecular complexity index is 407. The largest absolute Gasteiger partial charge is 0.353 e. The summed E-state index contributed by atoms with van der Waals surface area (Å²) < 4.78 is 29.5. The lowest BCUT2D eigenvalue weighted by atomic mass is 10.7. The van der Waals surface area contributed by atoms with E-state index in [-0.39, 0.29) is 12.3 Å². The molecule has 0 spiro atoms. The van der Waals surface area contributed by atoms with Crippen LogP contribution >= 0.6 is 27.5 Å². The summed E-state index contributed by atoms with van der Waals surface area (Å²) in [7, 11) is -8.55. The Hall–Kier alpha value is -0.490. The van der Waals surface area contributed by atoms with Crippen LogP contribution in [-0.2, 0) is 27.1 Å². The molecule has 0 saturated heterocycles. The van der Waals surface area contributed by atoms with Gasteiger partial charge in [-0.3, -0.25) is 19.8 Å². The van der Waals surface area contributed by atoms with Crippen molar-refractivity contribution in [1.82, 2.24) is 10.6 Å². The van der Waals surface area contributed by atoms with Crippen molar-refractivity contribution in [3.05, 3.63) is 0 Å². The van der Waals surface area contributed by atoms with E-state index in [1.165, 1.54) is 0 Å². The highest BCUT2D eigenvalue weighted by atomic mass is 32.2. The molecule has 0 rings (SSSR count). The molecule has 6 N–H and O–H groups in total. The van der Waals surface area contributed by atoms with E-state index in [1.54, 1.807) is 0 Å². The molecule has 0 bridgehead atoms. The van der Waals surface area contributed by atoms with Crippen LogP contribution in [0.1, 0.15) is 0 Å². The second-order valence-corrected chi connectivity index (χ2v) is 7.24. The maximum atomic E-state index is 11.0. The molecule has 0 unspecified atom stereocenters. The van der Waals surface area contributed by atoms with Gasteiger partial charge in [0.2, 0.25) is 0 Å². The van der Waals surface area contributed by atoms with E-state index in [1.807, 2.05) is 0 Å². The first-order valence-electron chi connectivity index (χ1n) is 5.07. The molecule has 0 aromatic carbocycles. The van der Waals surface area contributed by atoms with Crippen LogP contribution in [0.3, 0.4) is 0 Å². The zero-order valence-corrected chi connectivity index (χ0v) is 13.0. The highest BCUT2D eigenvalue weighted by molar-refractivity contribution is 7.90. The molecule has 0 aromatic rings. The lowest BCUT2D eigenvalue weighted by Gasteiger charge is -2.06. The fourth-order valence-electron chi connectivity index (χ4n) is 0.759. The summed E-state index contributed by atoms with van der Waals surface area (Å²) in [6.07, 6.45) is -1.42. The molecule has 12 nitrogen and oxygen atoms in total. The van der Waals surface area contributed by atoms with Crippen molar-refractivity contribution in [2.45, 2.75) is 0 Å². The third-order valence-electron chi connectivity index (χ3n) is 1.43. The molecule has 0 saturated carbocycles. The quantitative estimate of drug-likeness (QED) is 0.185. The first-order valence-corrected chi connectivity index (χ1v) is 9.33. The van der Waals surface area contributed by atoms with Crippen LogP contribution in [0.5, 0.6) is 0 Å². The first-order chi connectivity index (χ1) is 9.49. The summed E-state index contributed by atoms with van der Waals surface area (Å²) >= 11 is 0.0181. The number of hydrogen-bond donors (Lipinski definition) is 6. The molecule has 21 heavy (non-hydrogen) atoms. The number of nitrogens with one attached hydrogen (secondary N) is 2. The van der Waals surface area contributed by atoms with Crippen LogP contribution in [0.25, 0.3) is 0 Å². The van der Waals surface area contributed by atoms with E-state index in [0.29, 0.717) is 0 Å². The summed E-state index contributed by atoms with van der Waals surface area (Å²) in [4.78, 5) is 55.9. The average molecular weight is 368 g/mol. The molecule has 15 heteroatoms. The predicted octanol–water partition coefficient (Wildman–Crippen LogP) is -1.91. The number of hydrogen-bond acceptors (Lipinski definition) is 9. The molecule has 124 valence electrons. The topological polar surface area (TPSA) is 192 Å². The SMILES string of the molecule is O=C(CNCP(=O)(O)O)OSOC(=O)CNCP(=O)(O)O. The maximum absolute atomic E-state index is 11.0. The second kappa shape index (κ2) is 9.51. The van der Waals surface area contributed by atoms with Crippen LogP contribution < -0.4 is 10.6 Å². The number of carbonyl (C=O) groups excluding carboxylic acids is 2. The molecule has 0 aliphatic heterocycles. The number of carbonyl (C=O) groups is 2. The smallest absolute Gasteiger partial charge is 0.339 e. The van der Waals surface area contributed by atoms with Crippen molar-refractivity contribution in [2.24, 2.45) is 0 Å². The van der Waals surface area contributed by atoms with E-state index < -0.39 is 52.8 Å². The van der Waals surface area contributed by atoms with Gasteiger partial charge in [-0.15, -0.1) is 0 Å². The van der Waals surface area contributed by atoms with Gasteiger partial charge < -0.3 is 27.9 Å². The Morgan fingerprint density at radius 2 is 1.19 bits per heavy atom. The van der Waals surface area contributed by atoms with Gasteiger partial charge in [0.15, 0.2) is 0 Å². The van der Waals surface area contributed by atoms with Crippen molar-refractivity contribution in [3.63, 3.8) is 0 Å². The molecule has 0 aliphatic rings. The first kappa shape index (κ1) is 20.5. The maximum Gasteiger partial charge on any atom is 0.339 e. The lowest BCUT2D eigenvalue weighted by molar-refractivity contribution is -0.134. The fraction of sp³-hybridized carbons (Fsp3) is 0.667. The fourth-order valence-corrected chi connectivity index (χ4v) is 1.87. The Balaban J connectivity index is 3.65. The highest BCUT2D eigenvalue weighted by Crippen LogP contribution is 2.32. The molecule has 0 fully saturated rings. The third-order valence-corrected chi connectivity index (χ3v) is 3.21. The van der Waals surface area contributed by atoms with E-state index in [4.69, 9.17) is 19.6 Å². The van der Waals surface area contributed by atoms with Gasteiger partial charge in [-0.25, -0.2) is 9.59 Å². The van der Waals surface area contributed by atoms with E-state index in [0.717, 1.165) is 0 Å². The van der Waals surface area contributed by atoms with Crippen molar-refractivity contribution in [3.8, 4) is 0 Å². The number of rotatable bonds is 10. The lowest BCUT2D eigenvalue weighted by Crippen LogP contribution is -2.26. The average Bonchev–Trinajstić information content (AvgIpc) is 2.25. The van der Waals surface area contributed by atoms with Gasteiger partial charge in [-0.05, 0) is 0 Å². The summed E-state index contributed by atoms with van der Waals surface area (Å²) in [5, 5.41) is 4.25. The van der Waals surface area contributed by atoms with Crippen LogP contribution in [0.4, 0.5) is 0 Å². The molecule has 0 aliphatic carbocycles. The van der Waals surface area contributed by atoms with E-state index >= 15 is 0 Å². The summed E-state index contributed by atoms with van der Waals surface area (Å²) in [5.74, 6) is -1.88. The second-order valence-electron chi connectivity index (χ2n) is 3.48. The van der Waals surface area contributed by atoms with Gasteiger partial charge >= 0.3 is 27.1 Å². The Kier molecular flexibility index (Phi) is 9.29. The Labute approximate surface area is 123 Å².